The van der Waals surface area contributed by atoms with Crippen molar-refractivity contribution in [2.75, 3.05) is 13.7 Å². The van der Waals surface area contributed by atoms with Crippen molar-refractivity contribution >= 4 is 29.4 Å². The van der Waals surface area contributed by atoms with E-state index in [2.05, 4.69) is 5.32 Å². The number of nitrogens with one attached hydrogen (secondary N) is 1. The van der Waals surface area contributed by atoms with E-state index in [0.717, 1.165) is 16.7 Å². The summed E-state index contributed by atoms with van der Waals surface area (Å²) in [5.41, 5.74) is 2.67. The zero-order chi connectivity index (χ0) is 22.8. The maximum Gasteiger partial charge on any atom is 0.307 e. The number of hydrogen-bond donors (Lipinski definition) is 2. The standard InChI is InChI=1S/C23H26ClNO6/c1-3-31-22(29)14-17(25-20(26)11-12-21(27)28)13-15-7-9-16(10-8-15)18-5-4-6-19(24)23(18)30-2/h4-10,17H,3,11-14H2,1-2H3,(H,25,26)(H,27,28)/t17-/m1/s1. The third-order valence-corrected chi connectivity index (χ3v) is 4.87. The van der Waals surface area contributed by atoms with Crippen LogP contribution in [0.15, 0.2) is 42.5 Å². The fourth-order valence-electron chi connectivity index (χ4n) is 3.16. The molecule has 0 fully saturated rings. The van der Waals surface area contributed by atoms with E-state index < -0.39 is 23.9 Å². The largest absolute Gasteiger partial charge is 0.495 e. The Labute approximate surface area is 186 Å². The summed E-state index contributed by atoms with van der Waals surface area (Å²) < 4.78 is 10.4. The van der Waals surface area contributed by atoms with Gasteiger partial charge < -0.3 is 19.9 Å². The Morgan fingerprint density at radius 3 is 2.42 bits per heavy atom. The van der Waals surface area contributed by atoms with Gasteiger partial charge in [-0.3, -0.25) is 14.4 Å². The van der Waals surface area contributed by atoms with E-state index >= 15 is 0 Å². The first kappa shape index (κ1) is 24.2. The number of carbonyl (C=O) groups is 3. The summed E-state index contributed by atoms with van der Waals surface area (Å²) in [6, 6.07) is 12.6. The van der Waals surface area contributed by atoms with E-state index in [1.807, 2.05) is 36.4 Å². The molecule has 1 amide bonds. The Kier molecular flexibility index (Phi) is 9.34. The minimum atomic E-state index is -1.05. The number of aliphatic carboxylic acids is 1. The molecule has 0 saturated carbocycles. The fraction of sp³-hybridized carbons (Fsp3) is 0.348. The molecule has 0 radical (unpaired) electrons. The number of carboxylic acids is 1. The normalized spacial score (nSPS) is 11.5. The number of carboxylic acid groups (broad SMARTS) is 1. The molecule has 2 N–H and O–H groups in total. The summed E-state index contributed by atoms with van der Waals surface area (Å²) in [4.78, 5) is 34.7. The monoisotopic (exact) mass is 447 g/mol. The lowest BCUT2D eigenvalue weighted by molar-refractivity contribution is -0.144. The van der Waals surface area contributed by atoms with Gasteiger partial charge in [-0.25, -0.2) is 0 Å². The predicted octanol–water partition coefficient (Wildman–Crippen LogP) is 3.86. The molecule has 0 spiro atoms. The lowest BCUT2D eigenvalue weighted by atomic mass is 9.98. The van der Waals surface area contributed by atoms with Crippen molar-refractivity contribution in [1.29, 1.82) is 0 Å². The highest BCUT2D eigenvalue weighted by Crippen LogP contribution is 2.36. The van der Waals surface area contributed by atoms with Crippen molar-refractivity contribution in [3.8, 4) is 16.9 Å². The number of benzene rings is 2. The lowest BCUT2D eigenvalue weighted by Gasteiger charge is -2.18. The van der Waals surface area contributed by atoms with Crippen LogP contribution in [0, 0.1) is 0 Å². The molecule has 0 bridgehead atoms. The van der Waals surface area contributed by atoms with Crippen LogP contribution in [-0.2, 0) is 25.5 Å². The number of hydrogen-bond acceptors (Lipinski definition) is 5. The van der Waals surface area contributed by atoms with Crippen LogP contribution in [0.2, 0.25) is 5.02 Å². The highest BCUT2D eigenvalue weighted by Gasteiger charge is 2.19. The van der Waals surface area contributed by atoms with Gasteiger partial charge in [0, 0.05) is 18.0 Å². The predicted molar refractivity (Wildman–Crippen MR) is 117 cm³/mol. The van der Waals surface area contributed by atoms with E-state index in [1.165, 1.54) is 0 Å². The Balaban J connectivity index is 2.14. The van der Waals surface area contributed by atoms with Gasteiger partial charge in [0.15, 0.2) is 0 Å². The molecule has 31 heavy (non-hydrogen) atoms. The molecule has 166 valence electrons. The first-order valence-corrected chi connectivity index (χ1v) is 10.3. The number of esters is 1. The summed E-state index contributed by atoms with van der Waals surface area (Å²) in [5.74, 6) is -1.31. The molecule has 0 aliphatic rings. The maximum atomic E-state index is 12.1. The molecule has 7 nitrogen and oxygen atoms in total. The molecule has 1 atom stereocenters. The second-order valence-corrected chi connectivity index (χ2v) is 7.30. The smallest absolute Gasteiger partial charge is 0.307 e. The summed E-state index contributed by atoms with van der Waals surface area (Å²) in [6.45, 7) is 1.95. The van der Waals surface area contributed by atoms with Gasteiger partial charge in [0.25, 0.3) is 0 Å². The molecule has 0 heterocycles. The molecule has 0 aromatic heterocycles. The van der Waals surface area contributed by atoms with E-state index in [0.29, 0.717) is 17.2 Å². The molecule has 0 aliphatic carbocycles. The molecule has 2 aromatic rings. The maximum absolute atomic E-state index is 12.1. The molecule has 0 aliphatic heterocycles. The van der Waals surface area contributed by atoms with Gasteiger partial charge in [0.1, 0.15) is 5.75 Å². The van der Waals surface area contributed by atoms with Crippen LogP contribution in [0.1, 0.15) is 31.7 Å². The van der Waals surface area contributed by atoms with Crippen LogP contribution in [0.3, 0.4) is 0 Å². The van der Waals surface area contributed by atoms with Crippen LogP contribution < -0.4 is 10.1 Å². The number of amides is 1. The van der Waals surface area contributed by atoms with Crippen LogP contribution >= 0.6 is 11.6 Å². The zero-order valence-electron chi connectivity index (χ0n) is 17.5. The third kappa shape index (κ3) is 7.61. The van der Waals surface area contributed by atoms with Crippen LogP contribution in [0.25, 0.3) is 11.1 Å². The minimum absolute atomic E-state index is 0.00345. The Bertz CT molecular complexity index is 913. The van der Waals surface area contributed by atoms with Crippen LogP contribution in [-0.4, -0.2) is 42.7 Å². The topological polar surface area (TPSA) is 102 Å². The molecule has 0 unspecified atom stereocenters. The first-order valence-electron chi connectivity index (χ1n) is 9.92. The van der Waals surface area contributed by atoms with Crippen molar-refractivity contribution < 1.29 is 29.0 Å². The van der Waals surface area contributed by atoms with Crippen molar-refractivity contribution in [2.45, 2.75) is 38.6 Å². The molecule has 2 rings (SSSR count). The number of carbonyl (C=O) groups excluding carboxylic acids is 2. The van der Waals surface area contributed by atoms with Crippen LogP contribution in [0.4, 0.5) is 0 Å². The number of methoxy groups -OCH3 is 1. The quantitative estimate of drug-likeness (QED) is 0.507. The number of para-hydroxylation sites is 1. The number of halogens is 1. The van der Waals surface area contributed by atoms with Crippen molar-refractivity contribution in [3.05, 3.63) is 53.1 Å². The van der Waals surface area contributed by atoms with Crippen molar-refractivity contribution in [1.82, 2.24) is 5.32 Å². The highest BCUT2D eigenvalue weighted by atomic mass is 35.5. The third-order valence-electron chi connectivity index (χ3n) is 4.57. The molecular weight excluding hydrogens is 422 g/mol. The van der Waals surface area contributed by atoms with Crippen LogP contribution in [0.5, 0.6) is 5.75 Å². The molecule has 2 aromatic carbocycles. The average molecular weight is 448 g/mol. The van der Waals surface area contributed by atoms with Gasteiger partial charge in [-0.05, 0) is 30.5 Å². The van der Waals surface area contributed by atoms with Gasteiger partial charge in [0.2, 0.25) is 5.91 Å². The Morgan fingerprint density at radius 2 is 1.81 bits per heavy atom. The number of rotatable bonds is 11. The Morgan fingerprint density at radius 1 is 1.10 bits per heavy atom. The second kappa shape index (κ2) is 12.0. The summed E-state index contributed by atoms with van der Waals surface area (Å²) >= 11 is 6.20. The number of ether oxygens (including phenoxy) is 2. The highest BCUT2D eigenvalue weighted by molar-refractivity contribution is 6.32. The lowest BCUT2D eigenvalue weighted by Crippen LogP contribution is -2.38. The van der Waals surface area contributed by atoms with E-state index in [9.17, 15) is 14.4 Å². The van der Waals surface area contributed by atoms with E-state index in [1.54, 1.807) is 20.1 Å². The Hall–Kier alpha value is -3.06. The van der Waals surface area contributed by atoms with Gasteiger partial charge in [-0.1, -0.05) is 48.0 Å². The first-order chi connectivity index (χ1) is 14.8. The SMILES string of the molecule is CCOC(=O)C[C@@H](Cc1ccc(-c2cccc(Cl)c2OC)cc1)NC(=O)CCC(=O)O. The summed E-state index contributed by atoms with van der Waals surface area (Å²) in [5, 5.41) is 12.0. The summed E-state index contributed by atoms with van der Waals surface area (Å²) in [7, 11) is 1.56. The fourth-order valence-corrected chi connectivity index (χ4v) is 3.42. The molecule has 0 saturated heterocycles. The van der Waals surface area contributed by atoms with Gasteiger partial charge in [-0.2, -0.15) is 0 Å². The van der Waals surface area contributed by atoms with E-state index in [4.69, 9.17) is 26.2 Å². The van der Waals surface area contributed by atoms with Gasteiger partial charge in [-0.15, -0.1) is 0 Å². The van der Waals surface area contributed by atoms with Crippen molar-refractivity contribution in [3.63, 3.8) is 0 Å². The van der Waals surface area contributed by atoms with Gasteiger partial charge in [0.05, 0.1) is 31.6 Å². The molecule has 8 heteroatoms. The van der Waals surface area contributed by atoms with Crippen molar-refractivity contribution in [2.24, 2.45) is 0 Å². The van der Waals surface area contributed by atoms with Gasteiger partial charge >= 0.3 is 11.9 Å². The minimum Gasteiger partial charge on any atom is -0.495 e. The zero-order valence-corrected chi connectivity index (χ0v) is 18.3. The summed E-state index contributed by atoms with van der Waals surface area (Å²) in [6.07, 6.45) is -0.0304. The second-order valence-electron chi connectivity index (χ2n) is 6.89. The average Bonchev–Trinajstić information content (AvgIpc) is 2.72. The molecular formula is C23H26ClNO6. The van der Waals surface area contributed by atoms with E-state index in [-0.39, 0.29) is 25.9 Å².